The van der Waals surface area contributed by atoms with Crippen molar-refractivity contribution >= 4 is 0 Å². The molecule has 3 rings (SSSR count). The van der Waals surface area contributed by atoms with Crippen LogP contribution in [0.15, 0.2) is 48.5 Å². The molecule has 0 N–H and O–H groups in total. The van der Waals surface area contributed by atoms with Gasteiger partial charge in [-0.05, 0) is 29.8 Å². The van der Waals surface area contributed by atoms with E-state index in [4.69, 9.17) is 14.2 Å². The fourth-order valence-electron chi connectivity index (χ4n) is 1.87. The molecule has 0 atom stereocenters. The summed E-state index contributed by atoms with van der Waals surface area (Å²) in [6.07, 6.45) is 1.25. The topological polar surface area (TPSA) is 27.7 Å². The molecule has 0 unspecified atom stereocenters. The highest BCUT2D eigenvalue weighted by molar-refractivity contribution is 5.43. The predicted octanol–water partition coefficient (Wildman–Crippen LogP) is 3.20. The van der Waals surface area contributed by atoms with Crippen molar-refractivity contribution in [2.45, 2.75) is 6.42 Å². The van der Waals surface area contributed by atoms with Crippen LogP contribution in [0.5, 0.6) is 17.2 Å². The average Bonchev–Trinajstić information content (AvgIpc) is 2.82. The van der Waals surface area contributed by atoms with Crippen molar-refractivity contribution < 1.29 is 14.2 Å². The first kappa shape index (κ1) is 11.0. The van der Waals surface area contributed by atoms with Gasteiger partial charge in [0.25, 0.3) is 0 Å². The molecule has 0 spiro atoms. The molecule has 1 heterocycles. The average molecular weight is 241 g/mol. The Hall–Kier alpha value is -2.16. The van der Waals surface area contributed by atoms with E-state index in [-0.39, 0.29) is 0 Å². The van der Waals surface area contributed by atoms with Crippen LogP contribution in [0.25, 0.3) is 0 Å². The van der Waals surface area contributed by atoms with Crippen LogP contribution in [-0.4, -0.2) is 7.11 Å². The number of hydrogen-bond donors (Lipinski definition) is 0. The van der Waals surface area contributed by atoms with Crippen molar-refractivity contribution in [3.05, 3.63) is 60.4 Å². The third-order valence-electron chi connectivity index (χ3n) is 2.80. The van der Waals surface area contributed by atoms with E-state index in [9.17, 15) is 0 Å². The zero-order valence-electron chi connectivity index (χ0n) is 10.1. The van der Waals surface area contributed by atoms with Gasteiger partial charge in [-0.25, -0.2) is 0 Å². The largest absolute Gasteiger partial charge is 0.497 e. The van der Waals surface area contributed by atoms with Gasteiger partial charge in [-0.1, -0.05) is 24.3 Å². The summed E-state index contributed by atoms with van der Waals surface area (Å²) >= 11 is 0. The molecule has 0 fully saturated rings. The van der Waals surface area contributed by atoms with Gasteiger partial charge in [0.05, 0.1) is 13.5 Å². The van der Waals surface area contributed by atoms with E-state index in [0.29, 0.717) is 12.7 Å². The summed E-state index contributed by atoms with van der Waals surface area (Å²) in [5.41, 5.74) is 1.12. The zero-order chi connectivity index (χ0) is 12.4. The van der Waals surface area contributed by atoms with Gasteiger partial charge in [-0.3, -0.25) is 0 Å². The van der Waals surface area contributed by atoms with Crippen molar-refractivity contribution in [2.24, 2.45) is 0 Å². The molecule has 0 saturated heterocycles. The van der Waals surface area contributed by atoms with E-state index < -0.39 is 0 Å². The first-order chi connectivity index (χ1) is 8.85. The SMILES string of the molecule is COc1ccc(C[C]2Oc3ccccc3O2)cc1. The molecule has 1 aliphatic rings. The molecule has 2 aromatic carbocycles. The van der Waals surface area contributed by atoms with E-state index in [1.165, 1.54) is 0 Å². The van der Waals surface area contributed by atoms with Crippen LogP contribution in [0.2, 0.25) is 0 Å². The summed E-state index contributed by atoms with van der Waals surface area (Å²) in [7, 11) is 1.66. The molecule has 1 radical (unpaired) electrons. The van der Waals surface area contributed by atoms with Crippen molar-refractivity contribution in [1.29, 1.82) is 0 Å². The second-order valence-corrected chi connectivity index (χ2v) is 4.05. The van der Waals surface area contributed by atoms with Crippen molar-refractivity contribution in [3.63, 3.8) is 0 Å². The fourth-order valence-corrected chi connectivity index (χ4v) is 1.87. The summed E-state index contributed by atoms with van der Waals surface area (Å²) in [5, 5.41) is 0. The van der Waals surface area contributed by atoms with Gasteiger partial charge >= 0.3 is 6.29 Å². The van der Waals surface area contributed by atoms with Gasteiger partial charge in [-0.2, -0.15) is 0 Å². The minimum absolute atomic E-state index is 0.612. The fraction of sp³-hybridized carbons (Fsp3) is 0.133. The Morgan fingerprint density at radius 3 is 2.06 bits per heavy atom. The molecule has 0 saturated carbocycles. The normalized spacial score (nSPS) is 13.6. The van der Waals surface area contributed by atoms with Gasteiger partial charge in [0, 0.05) is 0 Å². The van der Waals surface area contributed by atoms with Gasteiger partial charge in [0.2, 0.25) is 0 Å². The highest BCUT2D eigenvalue weighted by Crippen LogP contribution is 2.37. The van der Waals surface area contributed by atoms with Crippen LogP contribution in [0.1, 0.15) is 5.56 Å². The first-order valence-electron chi connectivity index (χ1n) is 5.78. The minimum Gasteiger partial charge on any atom is -0.497 e. The van der Waals surface area contributed by atoms with Crippen LogP contribution >= 0.6 is 0 Å². The second kappa shape index (κ2) is 4.61. The summed E-state index contributed by atoms with van der Waals surface area (Å²) in [5.74, 6) is 2.40. The lowest BCUT2D eigenvalue weighted by Crippen LogP contribution is -2.10. The molecule has 3 nitrogen and oxygen atoms in total. The van der Waals surface area contributed by atoms with Crippen LogP contribution in [0.3, 0.4) is 0 Å². The summed E-state index contributed by atoms with van der Waals surface area (Å²) in [6.45, 7) is 0. The molecule has 0 aliphatic carbocycles. The standard InChI is InChI=1S/C15H13O3/c1-16-12-8-6-11(7-9-12)10-15-17-13-4-2-3-5-14(13)18-15/h2-9H,10H2,1H3. The number of hydrogen-bond acceptors (Lipinski definition) is 3. The van der Waals surface area contributed by atoms with E-state index >= 15 is 0 Å². The molecule has 2 aromatic rings. The number of ether oxygens (including phenoxy) is 3. The molecular formula is C15H13O3. The van der Waals surface area contributed by atoms with Gasteiger partial charge in [0.15, 0.2) is 11.5 Å². The highest BCUT2D eigenvalue weighted by atomic mass is 16.7. The maximum atomic E-state index is 5.63. The zero-order valence-corrected chi connectivity index (χ0v) is 10.1. The summed E-state index contributed by atoms with van der Waals surface area (Å²) in [6, 6.07) is 15.5. The number of methoxy groups -OCH3 is 1. The van der Waals surface area contributed by atoms with Crippen molar-refractivity contribution in [2.75, 3.05) is 7.11 Å². The van der Waals surface area contributed by atoms with Gasteiger partial charge in [-0.15, -0.1) is 0 Å². The number of benzene rings is 2. The van der Waals surface area contributed by atoms with Gasteiger partial charge < -0.3 is 14.2 Å². The molecule has 0 aromatic heterocycles. The van der Waals surface area contributed by atoms with Gasteiger partial charge in [0.1, 0.15) is 5.75 Å². The van der Waals surface area contributed by atoms with E-state index in [2.05, 4.69) is 0 Å². The number of para-hydroxylation sites is 2. The minimum atomic E-state index is 0.612. The molecule has 18 heavy (non-hydrogen) atoms. The van der Waals surface area contributed by atoms with E-state index in [1.807, 2.05) is 48.5 Å². The summed E-state index contributed by atoms with van der Waals surface area (Å²) < 4.78 is 16.4. The molecular weight excluding hydrogens is 228 g/mol. The van der Waals surface area contributed by atoms with Crippen LogP contribution in [0, 0.1) is 6.29 Å². The maximum Gasteiger partial charge on any atom is 0.334 e. The lowest BCUT2D eigenvalue weighted by atomic mass is 10.1. The smallest absolute Gasteiger partial charge is 0.334 e. The van der Waals surface area contributed by atoms with Crippen LogP contribution in [0.4, 0.5) is 0 Å². The van der Waals surface area contributed by atoms with E-state index in [1.54, 1.807) is 7.11 Å². The Balaban J connectivity index is 1.68. The quantitative estimate of drug-likeness (QED) is 0.825. The third kappa shape index (κ3) is 2.12. The number of rotatable bonds is 3. The molecule has 3 heteroatoms. The van der Waals surface area contributed by atoms with Crippen LogP contribution in [-0.2, 0) is 6.42 Å². The predicted molar refractivity (Wildman–Crippen MR) is 67.6 cm³/mol. The monoisotopic (exact) mass is 241 g/mol. The highest BCUT2D eigenvalue weighted by Gasteiger charge is 2.26. The second-order valence-electron chi connectivity index (χ2n) is 4.05. The Labute approximate surface area is 106 Å². The van der Waals surface area contributed by atoms with Crippen LogP contribution < -0.4 is 14.2 Å². The number of fused-ring (bicyclic) bond motifs is 1. The van der Waals surface area contributed by atoms with E-state index in [0.717, 1.165) is 22.8 Å². The molecule has 91 valence electrons. The Morgan fingerprint density at radius 1 is 0.889 bits per heavy atom. The summed E-state index contributed by atoms with van der Waals surface area (Å²) in [4.78, 5) is 0. The lowest BCUT2D eigenvalue weighted by Gasteiger charge is -2.08. The lowest BCUT2D eigenvalue weighted by molar-refractivity contribution is 0.170. The Morgan fingerprint density at radius 2 is 1.50 bits per heavy atom. The molecule has 0 bridgehead atoms. The molecule has 0 amide bonds. The molecule has 1 aliphatic heterocycles. The maximum absolute atomic E-state index is 5.63. The first-order valence-corrected chi connectivity index (χ1v) is 5.78. The third-order valence-corrected chi connectivity index (χ3v) is 2.80. The van der Waals surface area contributed by atoms with Crippen molar-refractivity contribution in [3.8, 4) is 17.2 Å². The van der Waals surface area contributed by atoms with Crippen molar-refractivity contribution in [1.82, 2.24) is 0 Å². The Bertz CT molecular complexity index is 509. The Kier molecular flexibility index (Phi) is 2.81.